The maximum Gasteiger partial charge on any atom is 0.248 e. The van der Waals surface area contributed by atoms with Crippen LogP contribution in [-0.2, 0) is 10.0 Å². The van der Waals surface area contributed by atoms with Crippen molar-refractivity contribution in [1.82, 2.24) is 9.62 Å². The first kappa shape index (κ1) is 16.6. The smallest absolute Gasteiger partial charge is 0.248 e. The lowest BCUT2D eigenvalue weighted by Gasteiger charge is -2.22. The van der Waals surface area contributed by atoms with Crippen LogP contribution in [0.25, 0.3) is 0 Å². The van der Waals surface area contributed by atoms with Crippen LogP contribution < -0.4 is 5.32 Å². The second kappa shape index (κ2) is 5.79. The summed E-state index contributed by atoms with van der Waals surface area (Å²) in [6.45, 7) is 2.27. The number of sulfonamides is 1. The molecule has 0 aromatic heterocycles. The molecule has 1 aromatic rings. The largest absolute Gasteiger partial charge is 0.316 e. The maximum atomic E-state index is 13.7. The predicted molar refractivity (Wildman–Crippen MR) is 76.9 cm³/mol. The second-order valence-corrected chi connectivity index (χ2v) is 7.44. The molecular weight excluding hydrogens is 322 g/mol. The van der Waals surface area contributed by atoms with Gasteiger partial charge in [0.1, 0.15) is 11.6 Å². The summed E-state index contributed by atoms with van der Waals surface area (Å²) in [6.07, 6.45) is 1.63. The molecule has 8 heteroatoms. The maximum absolute atomic E-state index is 13.7. The Hall–Kier alpha value is -0.760. The van der Waals surface area contributed by atoms with Gasteiger partial charge < -0.3 is 5.32 Å². The zero-order valence-electron chi connectivity index (χ0n) is 11.3. The quantitative estimate of drug-likeness (QED) is 0.894. The van der Waals surface area contributed by atoms with E-state index in [2.05, 4.69) is 5.32 Å². The Morgan fingerprint density at radius 2 is 1.86 bits per heavy atom. The minimum Gasteiger partial charge on any atom is -0.316 e. The fourth-order valence-electron chi connectivity index (χ4n) is 3.10. The lowest BCUT2D eigenvalue weighted by molar-refractivity contribution is 0.336. The van der Waals surface area contributed by atoms with Crippen LogP contribution in [0.15, 0.2) is 23.1 Å². The molecule has 1 unspecified atom stereocenters. The van der Waals surface area contributed by atoms with E-state index < -0.39 is 26.6 Å². The van der Waals surface area contributed by atoms with Crippen LogP contribution in [0.4, 0.5) is 8.78 Å². The van der Waals surface area contributed by atoms with Crippen molar-refractivity contribution in [3.05, 3.63) is 29.8 Å². The first-order valence-corrected chi connectivity index (χ1v) is 8.04. The van der Waals surface area contributed by atoms with Crippen molar-refractivity contribution in [1.29, 1.82) is 0 Å². The molecule has 2 saturated heterocycles. The molecule has 2 aliphatic heterocycles. The number of nitrogens with one attached hydrogen (secondary N) is 1. The monoisotopic (exact) mass is 338 g/mol. The number of rotatable bonds is 2. The molecule has 0 aliphatic carbocycles. The van der Waals surface area contributed by atoms with E-state index in [0.29, 0.717) is 13.1 Å². The van der Waals surface area contributed by atoms with Crippen molar-refractivity contribution in [3.8, 4) is 0 Å². The zero-order chi connectivity index (χ0) is 14.4. The molecule has 1 atom stereocenters. The third-order valence-corrected chi connectivity index (χ3v) is 6.15. The second-order valence-electron chi connectivity index (χ2n) is 5.57. The van der Waals surface area contributed by atoms with E-state index in [4.69, 9.17) is 0 Å². The number of nitrogens with zero attached hydrogens (tertiary/aromatic N) is 1. The molecule has 118 valence electrons. The van der Waals surface area contributed by atoms with Gasteiger partial charge in [-0.25, -0.2) is 17.2 Å². The Bertz CT molecular complexity index is 613. The Morgan fingerprint density at radius 1 is 1.19 bits per heavy atom. The summed E-state index contributed by atoms with van der Waals surface area (Å²) >= 11 is 0. The zero-order valence-corrected chi connectivity index (χ0v) is 12.9. The lowest BCUT2D eigenvalue weighted by atomic mass is 9.87. The molecule has 3 rings (SSSR count). The summed E-state index contributed by atoms with van der Waals surface area (Å²) in [6, 6.07) is 3.11. The van der Waals surface area contributed by atoms with Gasteiger partial charge in [0.15, 0.2) is 4.90 Å². The average Bonchev–Trinajstić information content (AvgIpc) is 3.00. The van der Waals surface area contributed by atoms with Crippen molar-refractivity contribution in [2.75, 3.05) is 26.2 Å². The molecule has 1 aromatic carbocycles. The molecule has 2 heterocycles. The third kappa shape index (κ3) is 2.79. The van der Waals surface area contributed by atoms with Crippen molar-refractivity contribution in [2.24, 2.45) is 5.41 Å². The number of hydrogen-bond donors (Lipinski definition) is 1. The van der Waals surface area contributed by atoms with Gasteiger partial charge in [-0.3, -0.25) is 0 Å². The highest BCUT2D eigenvalue weighted by Crippen LogP contribution is 2.38. The fraction of sp³-hybridized carbons (Fsp3) is 0.538. The molecular formula is C13H17ClF2N2O2S. The van der Waals surface area contributed by atoms with Crippen LogP contribution in [0.3, 0.4) is 0 Å². The van der Waals surface area contributed by atoms with E-state index in [1.807, 2.05) is 0 Å². The van der Waals surface area contributed by atoms with Gasteiger partial charge in [0, 0.05) is 19.6 Å². The Morgan fingerprint density at radius 3 is 2.43 bits per heavy atom. The molecule has 4 nitrogen and oxygen atoms in total. The van der Waals surface area contributed by atoms with E-state index in [0.717, 1.165) is 44.1 Å². The predicted octanol–water partition coefficient (Wildman–Crippen LogP) is 1.76. The molecule has 21 heavy (non-hydrogen) atoms. The normalized spacial score (nSPS) is 26.2. The Labute approximate surface area is 129 Å². The van der Waals surface area contributed by atoms with Crippen molar-refractivity contribution >= 4 is 22.4 Å². The van der Waals surface area contributed by atoms with Gasteiger partial charge in [-0.15, -0.1) is 12.4 Å². The summed E-state index contributed by atoms with van der Waals surface area (Å²) in [5, 5.41) is 3.22. The van der Waals surface area contributed by atoms with Gasteiger partial charge in [-0.1, -0.05) is 6.07 Å². The van der Waals surface area contributed by atoms with Crippen LogP contribution in [0.5, 0.6) is 0 Å². The van der Waals surface area contributed by atoms with Crippen LogP contribution in [0.2, 0.25) is 0 Å². The van der Waals surface area contributed by atoms with Gasteiger partial charge in [-0.2, -0.15) is 4.31 Å². The van der Waals surface area contributed by atoms with Crippen LogP contribution in [0, 0.1) is 17.0 Å². The van der Waals surface area contributed by atoms with E-state index in [1.165, 1.54) is 4.31 Å². The summed E-state index contributed by atoms with van der Waals surface area (Å²) in [5.41, 5.74) is -0.0746. The standard InChI is InChI=1S/C13H16F2N2O2S.ClH/c14-10-2-1-3-11(15)12(10)20(18,19)17-7-5-13(9-17)4-6-16-8-13;/h1-3,16H,4-9H2;1H. The fourth-order valence-corrected chi connectivity index (χ4v) is 4.76. The summed E-state index contributed by atoms with van der Waals surface area (Å²) < 4.78 is 53.5. The summed E-state index contributed by atoms with van der Waals surface area (Å²) in [4.78, 5) is -0.831. The van der Waals surface area contributed by atoms with Gasteiger partial charge in [0.05, 0.1) is 0 Å². The summed E-state index contributed by atoms with van der Waals surface area (Å²) in [7, 11) is -4.11. The number of hydrogen-bond acceptors (Lipinski definition) is 3. The van der Waals surface area contributed by atoms with Gasteiger partial charge in [-0.05, 0) is 36.9 Å². The van der Waals surface area contributed by atoms with E-state index in [1.54, 1.807) is 0 Å². The van der Waals surface area contributed by atoms with Crippen LogP contribution in [0.1, 0.15) is 12.8 Å². The summed E-state index contributed by atoms with van der Waals surface area (Å²) in [5.74, 6) is -2.06. The molecule has 0 amide bonds. The van der Waals surface area contributed by atoms with Gasteiger partial charge in [0.2, 0.25) is 10.0 Å². The Kier molecular flexibility index (Phi) is 4.58. The average molecular weight is 339 g/mol. The third-order valence-electron chi connectivity index (χ3n) is 4.25. The number of benzene rings is 1. The molecule has 2 fully saturated rings. The number of halogens is 3. The molecule has 0 saturated carbocycles. The van der Waals surface area contributed by atoms with Crippen molar-refractivity contribution < 1.29 is 17.2 Å². The molecule has 1 spiro atoms. The molecule has 1 N–H and O–H groups in total. The van der Waals surface area contributed by atoms with Crippen molar-refractivity contribution in [2.45, 2.75) is 17.7 Å². The first-order chi connectivity index (χ1) is 9.45. The Balaban J connectivity index is 0.00000161. The highest BCUT2D eigenvalue weighted by Gasteiger charge is 2.45. The van der Waals surface area contributed by atoms with Gasteiger partial charge >= 0.3 is 0 Å². The van der Waals surface area contributed by atoms with Gasteiger partial charge in [0.25, 0.3) is 0 Å². The van der Waals surface area contributed by atoms with E-state index in [-0.39, 0.29) is 17.8 Å². The first-order valence-electron chi connectivity index (χ1n) is 6.60. The molecule has 0 radical (unpaired) electrons. The highest BCUT2D eigenvalue weighted by molar-refractivity contribution is 7.89. The van der Waals surface area contributed by atoms with Crippen LogP contribution in [-0.4, -0.2) is 38.9 Å². The minimum atomic E-state index is -4.11. The SMILES string of the molecule is Cl.O=S(=O)(c1c(F)cccc1F)N1CCC2(CCNC2)C1. The van der Waals surface area contributed by atoms with E-state index in [9.17, 15) is 17.2 Å². The molecule has 2 aliphatic rings. The lowest BCUT2D eigenvalue weighted by Crippen LogP contribution is -2.34. The minimum absolute atomic E-state index is 0. The van der Waals surface area contributed by atoms with Crippen LogP contribution >= 0.6 is 12.4 Å². The van der Waals surface area contributed by atoms with Crippen molar-refractivity contribution in [3.63, 3.8) is 0 Å². The highest BCUT2D eigenvalue weighted by atomic mass is 35.5. The molecule has 0 bridgehead atoms. The van der Waals surface area contributed by atoms with E-state index >= 15 is 0 Å². The topological polar surface area (TPSA) is 49.4 Å².